The van der Waals surface area contributed by atoms with Gasteiger partial charge < -0.3 is 9.22 Å². The minimum atomic E-state index is -1.90. The summed E-state index contributed by atoms with van der Waals surface area (Å²) in [6.45, 7) is 6.91. The second kappa shape index (κ2) is 7.89. The first-order chi connectivity index (χ1) is 12.4. The third kappa shape index (κ3) is 4.33. The molecule has 0 amide bonds. The standard InChI is InChI=1S/C23H30O2Si/c1-22(2,3)19-14-16-23(18-24,17-15-19)25-26(20-10-6-4-7-11-20)21-12-8-5-9-13-21/h4-13,18-19,26H,14-17H2,1-3H3. The Morgan fingerprint density at radius 2 is 1.38 bits per heavy atom. The van der Waals surface area contributed by atoms with Crippen LogP contribution in [-0.4, -0.2) is 20.9 Å². The molecule has 1 saturated carbocycles. The van der Waals surface area contributed by atoms with Crippen molar-refractivity contribution in [3.8, 4) is 0 Å². The van der Waals surface area contributed by atoms with Gasteiger partial charge in [0.05, 0.1) is 0 Å². The first-order valence-electron chi connectivity index (χ1n) is 9.68. The van der Waals surface area contributed by atoms with E-state index < -0.39 is 14.6 Å². The monoisotopic (exact) mass is 366 g/mol. The normalized spacial score (nSPS) is 23.8. The lowest BCUT2D eigenvalue weighted by Gasteiger charge is -2.42. The Morgan fingerprint density at radius 3 is 1.77 bits per heavy atom. The highest BCUT2D eigenvalue weighted by molar-refractivity contribution is 6.80. The molecule has 2 aromatic carbocycles. The molecular weight excluding hydrogens is 336 g/mol. The smallest absolute Gasteiger partial charge is 0.241 e. The Bertz CT molecular complexity index is 658. The zero-order chi connectivity index (χ0) is 18.6. The lowest BCUT2D eigenvalue weighted by molar-refractivity contribution is -0.125. The molecule has 0 N–H and O–H groups in total. The van der Waals surface area contributed by atoms with Crippen LogP contribution in [0.1, 0.15) is 46.5 Å². The molecule has 0 spiro atoms. The van der Waals surface area contributed by atoms with Crippen molar-refractivity contribution in [3.63, 3.8) is 0 Å². The summed E-state index contributed by atoms with van der Waals surface area (Å²) < 4.78 is 6.73. The van der Waals surface area contributed by atoms with E-state index in [1.54, 1.807) is 0 Å². The predicted octanol–water partition coefficient (Wildman–Crippen LogP) is 3.72. The van der Waals surface area contributed by atoms with Crippen LogP contribution < -0.4 is 10.4 Å². The molecule has 0 bridgehead atoms. The third-order valence-electron chi connectivity index (χ3n) is 5.83. The van der Waals surface area contributed by atoms with Crippen LogP contribution in [-0.2, 0) is 9.22 Å². The number of hydrogen-bond acceptors (Lipinski definition) is 2. The molecule has 0 unspecified atom stereocenters. The number of rotatable bonds is 5. The number of hydrogen-bond donors (Lipinski definition) is 0. The van der Waals surface area contributed by atoms with Crippen molar-refractivity contribution in [2.45, 2.75) is 52.1 Å². The lowest BCUT2D eigenvalue weighted by atomic mass is 9.69. The third-order valence-corrected chi connectivity index (χ3v) is 8.51. The average Bonchev–Trinajstić information content (AvgIpc) is 2.67. The fourth-order valence-corrected chi connectivity index (χ4v) is 6.62. The van der Waals surface area contributed by atoms with Crippen LogP contribution >= 0.6 is 0 Å². The molecule has 0 heterocycles. The average molecular weight is 367 g/mol. The lowest BCUT2D eigenvalue weighted by Crippen LogP contribution is -2.53. The maximum atomic E-state index is 12.1. The molecule has 3 heteroatoms. The van der Waals surface area contributed by atoms with Crippen molar-refractivity contribution in [2.24, 2.45) is 11.3 Å². The van der Waals surface area contributed by atoms with E-state index in [1.165, 1.54) is 10.4 Å². The summed E-state index contributed by atoms with van der Waals surface area (Å²) in [7, 11) is -1.90. The van der Waals surface area contributed by atoms with Gasteiger partial charge in [-0.25, -0.2) is 0 Å². The minimum absolute atomic E-state index is 0.296. The van der Waals surface area contributed by atoms with Gasteiger partial charge in [0.1, 0.15) is 5.60 Å². The molecule has 1 aliphatic carbocycles. The molecule has 138 valence electrons. The van der Waals surface area contributed by atoms with Crippen molar-refractivity contribution in [1.82, 2.24) is 0 Å². The molecule has 2 nitrogen and oxygen atoms in total. The molecule has 0 aliphatic heterocycles. The van der Waals surface area contributed by atoms with Crippen LogP contribution in [0.3, 0.4) is 0 Å². The number of benzene rings is 2. The maximum Gasteiger partial charge on any atom is 0.241 e. The molecule has 2 aromatic rings. The summed E-state index contributed by atoms with van der Waals surface area (Å²) in [5, 5.41) is 2.47. The summed E-state index contributed by atoms with van der Waals surface area (Å²) in [4.78, 5) is 12.1. The molecule has 0 saturated heterocycles. The molecule has 1 aliphatic rings. The predicted molar refractivity (Wildman–Crippen MR) is 111 cm³/mol. The van der Waals surface area contributed by atoms with Crippen LogP contribution in [0.25, 0.3) is 0 Å². The topological polar surface area (TPSA) is 26.3 Å². The fraction of sp³-hybridized carbons (Fsp3) is 0.435. The van der Waals surface area contributed by atoms with Crippen LogP contribution in [0.4, 0.5) is 0 Å². The van der Waals surface area contributed by atoms with Crippen LogP contribution in [0, 0.1) is 11.3 Å². The second-order valence-corrected chi connectivity index (χ2v) is 11.0. The first kappa shape index (κ1) is 19.1. The van der Waals surface area contributed by atoms with E-state index in [0.29, 0.717) is 11.3 Å². The van der Waals surface area contributed by atoms with Gasteiger partial charge in [0.25, 0.3) is 0 Å². The van der Waals surface area contributed by atoms with Crippen molar-refractivity contribution in [3.05, 3.63) is 60.7 Å². The van der Waals surface area contributed by atoms with Gasteiger partial charge in [-0.1, -0.05) is 81.4 Å². The number of aldehydes is 1. The van der Waals surface area contributed by atoms with Gasteiger partial charge in [0, 0.05) is 0 Å². The van der Waals surface area contributed by atoms with Crippen molar-refractivity contribution in [2.75, 3.05) is 0 Å². The first-order valence-corrected chi connectivity index (χ1v) is 11.3. The quantitative estimate of drug-likeness (QED) is 0.595. The Labute approximate surface area is 159 Å². The largest absolute Gasteiger partial charge is 0.399 e. The van der Waals surface area contributed by atoms with E-state index in [-0.39, 0.29) is 0 Å². The van der Waals surface area contributed by atoms with E-state index >= 15 is 0 Å². The Hall–Kier alpha value is -1.71. The zero-order valence-corrected chi connectivity index (χ0v) is 17.3. The molecule has 1 fully saturated rings. The molecule has 0 radical (unpaired) electrons. The van der Waals surface area contributed by atoms with Gasteiger partial charge in [-0.3, -0.25) is 0 Å². The Kier molecular flexibility index (Phi) is 5.78. The van der Waals surface area contributed by atoms with Gasteiger partial charge in [-0.15, -0.1) is 0 Å². The maximum absolute atomic E-state index is 12.1. The fourth-order valence-electron chi connectivity index (χ4n) is 4.05. The highest BCUT2D eigenvalue weighted by Gasteiger charge is 2.41. The van der Waals surface area contributed by atoms with E-state index in [9.17, 15) is 4.79 Å². The van der Waals surface area contributed by atoms with Gasteiger partial charge in [0.2, 0.25) is 9.04 Å². The van der Waals surface area contributed by atoms with Gasteiger partial charge in [-0.2, -0.15) is 0 Å². The Balaban J connectivity index is 1.85. The molecule has 0 aromatic heterocycles. The summed E-state index contributed by atoms with van der Waals surface area (Å²) in [6, 6.07) is 20.9. The van der Waals surface area contributed by atoms with Gasteiger partial charge in [-0.05, 0) is 47.4 Å². The molecule has 0 atom stereocenters. The summed E-state index contributed by atoms with van der Waals surface area (Å²) >= 11 is 0. The number of carbonyl (C=O) groups is 1. The SMILES string of the molecule is CC(C)(C)C1CCC(C=O)(O[SiH](c2ccccc2)c2ccccc2)CC1. The van der Waals surface area contributed by atoms with E-state index in [1.807, 2.05) is 12.1 Å². The summed E-state index contributed by atoms with van der Waals surface area (Å²) in [6.07, 6.45) is 4.89. The van der Waals surface area contributed by atoms with Crippen LogP contribution in [0.5, 0.6) is 0 Å². The van der Waals surface area contributed by atoms with Crippen LogP contribution in [0.15, 0.2) is 60.7 Å². The minimum Gasteiger partial charge on any atom is -0.399 e. The highest BCUT2D eigenvalue weighted by atomic mass is 28.3. The highest BCUT2D eigenvalue weighted by Crippen LogP contribution is 2.42. The van der Waals surface area contributed by atoms with E-state index in [0.717, 1.165) is 32.0 Å². The van der Waals surface area contributed by atoms with E-state index in [4.69, 9.17) is 4.43 Å². The van der Waals surface area contributed by atoms with E-state index in [2.05, 4.69) is 69.3 Å². The second-order valence-electron chi connectivity index (χ2n) is 8.64. The van der Waals surface area contributed by atoms with Crippen molar-refractivity contribution >= 4 is 25.7 Å². The number of carbonyl (C=O) groups excluding carboxylic acids is 1. The molecular formula is C23H30O2Si. The zero-order valence-electron chi connectivity index (χ0n) is 16.2. The Morgan fingerprint density at radius 1 is 0.923 bits per heavy atom. The molecule has 26 heavy (non-hydrogen) atoms. The summed E-state index contributed by atoms with van der Waals surface area (Å²) in [5.74, 6) is 0.660. The van der Waals surface area contributed by atoms with Crippen LogP contribution in [0.2, 0.25) is 0 Å². The summed E-state index contributed by atoms with van der Waals surface area (Å²) in [5.41, 5.74) is -0.324. The van der Waals surface area contributed by atoms with Crippen molar-refractivity contribution < 1.29 is 9.22 Å². The van der Waals surface area contributed by atoms with Gasteiger partial charge in [0.15, 0.2) is 6.29 Å². The van der Waals surface area contributed by atoms with Gasteiger partial charge >= 0.3 is 0 Å². The molecule has 3 rings (SSSR count). The van der Waals surface area contributed by atoms with Crippen molar-refractivity contribution in [1.29, 1.82) is 0 Å².